The van der Waals surface area contributed by atoms with E-state index in [9.17, 15) is 9.59 Å². The molecule has 0 bridgehead atoms. The van der Waals surface area contributed by atoms with E-state index in [1.807, 2.05) is 12.1 Å². The molecule has 20 heavy (non-hydrogen) atoms. The highest BCUT2D eigenvalue weighted by molar-refractivity contribution is 9.10. The molecule has 1 aliphatic carbocycles. The summed E-state index contributed by atoms with van der Waals surface area (Å²) >= 11 is 3.31. The van der Waals surface area contributed by atoms with Crippen LogP contribution in [0.1, 0.15) is 36.0 Å². The van der Waals surface area contributed by atoms with Gasteiger partial charge in [-0.2, -0.15) is 0 Å². The van der Waals surface area contributed by atoms with Crippen LogP contribution in [0.15, 0.2) is 22.7 Å². The Kier molecular flexibility index (Phi) is 4.65. The Morgan fingerprint density at radius 2 is 1.90 bits per heavy atom. The maximum Gasteiger partial charge on any atom is 0.306 e. The fourth-order valence-corrected chi connectivity index (χ4v) is 2.91. The van der Waals surface area contributed by atoms with Gasteiger partial charge in [0.25, 0.3) is 5.91 Å². The van der Waals surface area contributed by atoms with Crippen molar-refractivity contribution in [2.24, 2.45) is 11.7 Å². The molecule has 0 atom stereocenters. The van der Waals surface area contributed by atoms with Crippen LogP contribution in [0.25, 0.3) is 0 Å². The molecule has 108 valence electrons. The maximum absolute atomic E-state index is 11.4. The predicted molar refractivity (Wildman–Crippen MR) is 79.7 cm³/mol. The Morgan fingerprint density at radius 1 is 1.25 bits per heavy atom. The zero-order chi connectivity index (χ0) is 14.7. The lowest BCUT2D eigenvalue weighted by Crippen LogP contribution is -2.30. The predicted octanol–water partition coefficient (Wildman–Crippen LogP) is 2.60. The van der Waals surface area contributed by atoms with Gasteiger partial charge in [0.15, 0.2) is 0 Å². The summed E-state index contributed by atoms with van der Waals surface area (Å²) in [4.78, 5) is 22.4. The van der Waals surface area contributed by atoms with Crippen LogP contribution in [0.4, 0.5) is 5.69 Å². The van der Waals surface area contributed by atoms with E-state index in [0.29, 0.717) is 24.1 Å². The van der Waals surface area contributed by atoms with Crippen molar-refractivity contribution in [3.8, 4) is 0 Å². The first-order valence-electron chi connectivity index (χ1n) is 6.56. The van der Waals surface area contributed by atoms with Gasteiger partial charge in [-0.15, -0.1) is 0 Å². The van der Waals surface area contributed by atoms with Gasteiger partial charge < -0.3 is 16.2 Å². The lowest BCUT2D eigenvalue weighted by Gasteiger charge is -2.28. The number of nitrogens with two attached hydrogens (primary N) is 1. The smallest absolute Gasteiger partial charge is 0.306 e. The van der Waals surface area contributed by atoms with Gasteiger partial charge in [-0.05, 0) is 43.9 Å². The van der Waals surface area contributed by atoms with Crippen molar-refractivity contribution in [1.29, 1.82) is 0 Å². The van der Waals surface area contributed by atoms with Gasteiger partial charge >= 0.3 is 5.97 Å². The highest BCUT2D eigenvalue weighted by Crippen LogP contribution is 2.28. The van der Waals surface area contributed by atoms with Crippen LogP contribution < -0.4 is 11.1 Å². The fourth-order valence-electron chi connectivity index (χ4n) is 2.55. The van der Waals surface area contributed by atoms with Gasteiger partial charge in [0, 0.05) is 16.2 Å². The van der Waals surface area contributed by atoms with Crippen LogP contribution in [0.5, 0.6) is 0 Å². The van der Waals surface area contributed by atoms with E-state index < -0.39 is 11.9 Å². The van der Waals surface area contributed by atoms with Crippen molar-refractivity contribution in [2.75, 3.05) is 5.32 Å². The van der Waals surface area contributed by atoms with Crippen molar-refractivity contribution in [3.63, 3.8) is 0 Å². The topological polar surface area (TPSA) is 92.4 Å². The summed E-state index contributed by atoms with van der Waals surface area (Å²) in [6, 6.07) is 5.53. The lowest BCUT2D eigenvalue weighted by molar-refractivity contribution is -0.142. The van der Waals surface area contributed by atoms with Crippen molar-refractivity contribution in [3.05, 3.63) is 28.2 Å². The number of carbonyl (C=O) groups is 2. The minimum atomic E-state index is -0.718. The summed E-state index contributed by atoms with van der Waals surface area (Å²) in [6.07, 6.45) is 2.89. The zero-order valence-electron chi connectivity index (χ0n) is 10.9. The number of anilines is 1. The van der Waals surface area contributed by atoms with E-state index in [1.54, 1.807) is 6.07 Å². The molecule has 0 radical (unpaired) electrons. The Labute approximate surface area is 125 Å². The minimum Gasteiger partial charge on any atom is -0.481 e. The third kappa shape index (κ3) is 3.50. The first kappa shape index (κ1) is 14.8. The molecule has 0 spiro atoms. The molecular formula is C14H17BrN2O3. The molecule has 1 amide bonds. The highest BCUT2D eigenvalue weighted by Gasteiger charge is 2.26. The molecule has 0 aliphatic heterocycles. The largest absolute Gasteiger partial charge is 0.481 e. The molecule has 5 nitrogen and oxygen atoms in total. The molecule has 2 rings (SSSR count). The van der Waals surface area contributed by atoms with Crippen LogP contribution in [-0.4, -0.2) is 23.0 Å². The first-order chi connectivity index (χ1) is 9.47. The lowest BCUT2D eigenvalue weighted by atomic mass is 9.86. The van der Waals surface area contributed by atoms with Crippen molar-refractivity contribution in [1.82, 2.24) is 0 Å². The summed E-state index contributed by atoms with van der Waals surface area (Å²) < 4.78 is 0.798. The Bertz CT molecular complexity index is 525. The van der Waals surface area contributed by atoms with Gasteiger partial charge in [-0.25, -0.2) is 0 Å². The van der Waals surface area contributed by atoms with Crippen molar-refractivity contribution < 1.29 is 14.7 Å². The van der Waals surface area contributed by atoms with Gasteiger partial charge in [0.2, 0.25) is 0 Å². The molecule has 0 aromatic heterocycles. The molecule has 1 aromatic carbocycles. The van der Waals surface area contributed by atoms with Crippen LogP contribution in [0.3, 0.4) is 0 Å². The van der Waals surface area contributed by atoms with Gasteiger partial charge in [0.05, 0.1) is 11.5 Å². The minimum absolute atomic E-state index is 0.185. The Morgan fingerprint density at radius 3 is 2.45 bits per heavy atom. The monoisotopic (exact) mass is 340 g/mol. The van der Waals surface area contributed by atoms with E-state index in [2.05, 4.69) is 21.2 Å². The molecule has 4 N–H and O–H groups in total. The Hall–Kier alpha value is -1.56. The summed E-state index contributed by atoms with van der Waals surface area (Å²) in [6.45, 7) is 0. The van der Waals surface area contributed by atoms with Crippen LogP contribution in [0.2, 0.25) is 0 Å². The molecule has 0 saturated heterocycles. The fraction of sp³-hybridized carbons (Fsp3) is 0.429. The molecular weight excluding hydrogens is 324 g/mol. The van der Waals surface area contributed by atoms with Crippen molar-refractivity contribution in [2.45, 2.75) is 31.7 Å². The SMILES string of the molecule is NC(=O)c1cc(Br)ccc1NC1CCC(C(=O)O)CC1. The van der Waals surface area contributed by atoms with Crippen LogP contribution in [-0.2, 0) is 4.79 Å². The van der Waals surface area contributed by atoms with Gasteiger partial charge in [0.1, 0.15) is 0 Å². The summed E-state index contributed by atoms with van der Waals surface area (Å²) in [5, 5.41) is 12.3. The zero-order valence-corrected chi connectivity index (χ0v) is 12.5. The second-order valence-corrected chi connectivity index (χ2v) is 6.00. The van der Waals surface area contributed by atoms with Gasteiger partial charge in [-0.3, -0.25) is 9.59 Å². The van der Waals surface area contributed by atoms with Crippen molar-refractivity contribution >= 4 is 33.5 Å². The number of amides is 1. The number of nitrogens with one attached hydrogen (secondary N) is 1. The van der Waals surface area contributed by atoms with E-state index in [-0.39, 0.29) is 12.0 Å². The highest BCUT2D eigenvalue weighted by atomic mass is 79.9. The molecule has 0 heterocycles. The third-order valence-corrected chi connectivity index (χ3v) is 4.18. The number of hydrogen-bond donors (Lipinski definition) is 3. The number of hydrogen-bond acceptors (Lipinski definition) is 3. The average Bonchev–Trinajstić information content (AvgIpc) is 2.41. The maximum atomic E-state index is 11.4. The molecule has 1 fully saturated rings. The van der Waals surface area contributed by atoms with Gasteiger partial charge in [-0.1, -0.05) is 15.9 Å². The second-order valence-electron chi connectivity index (χ2n) is 5.09. The van der Waals surface area contributed by atoms with E-state index in [1.165, 1.54) is 0 Å². The molecule has 1 aromatic rings. The number of rotatable bonds is 4. The molecule has 1 saturated carbocycles. The average molecular weight is 341 g/mol. The number of aliphatic carboxylic acids is 1. The van der Waals surface area contributed by atoms with E-state index in [4.69, 9.17) is 10.8 Å². The van der Waals surface area contributed by atoms with E-state index in [0.717, 1.165) is 17.3 Å². The normalized spacial score (nSPS) is 22.2. The standard InChI is InChI=1S/C14H17BrN2O3/c15-9-3-6-12(11(7-9)13(16)18)17-10-4-1-8(2-5-10)14(19)20/h3,6-8,10,17H,1-2,4-5H2,(H2,16,18)(H,19,20). The first-order valence-corrected chi connectivity index (χ1v) is 7.35. The molecule has 1 aliphatic rings. The number of carboxylic acid groups (broad SMARTS) is 1. The summed E-state index contributed by atoms with van der Waals surface area (Å²) in [7, 11) is 0. The number of halogens is 1. The number of carboxylic acids is 1. The van der Waals surface area contributed by atoms with Crippen LogP contribution in [0, 0.1) is 5.92 Å². The Balaban J connectivity index is 2.04. The summed E-state index contributed by atoms with van der Waals surface area (Å²) in [5.74, 6) is -1.44. The molecule has 6 heteroatoms. The number of benzene rings is 1. The third-order valence-electron chi connectivity index (χ3n) is 3.68. The quantitative estimate of drug-likeness (QED) is 0.785. The summed E-state index contributed by atoms with van der Waals surface area (Å²) in [5.41, 5.74) is 6.52. The second kappa shape index (κ2) is 6.26. The number of primary amides is 1. The number of carbonyl (C=O) groups excluding carboxylic acids is 1. The molecule has 0 unspecified atom stereocenters. The van der Waals surface area contributed by atoms with E-state index >= 15 is 0 Å². The van der Waals surface area contributed by atoms with Crippen LogP contribution >= 0.6 is 15.9 Å².